The Morgan fingerprint density at radius 1 is 0.886 bits per heavy atom. The fourth-order valence-corrected chi connectivity index (χ4v) is 3.15. The maximum absolute atomic E-state index is 12.5. The van der Waals surface area contributed by atoms with Crippen LogP contribution in [-0.4, -0.2) is 48.4 Å². The number of benzene rings is 1. The minimum absolute atomic E-state index is 0.0226. The van der Waals surface area contributed by atoms with Crippen molar-refractivity contribution in [2.24, 2.45) is 23.5 Å². The zero-order valence-electron chi connectivity index (χ0n) is 21.2. The van der Waals surface area contributed by atoms with Crippen LogP contribution in [0.5, 0.6) is 11.5 Å². The van der Waals surface area contributed by atoms with Gasteiger partial charge in [-0.1, -0.05) is 40.7 Å². The average Bonchev–Trinajstić information content (AvgIpc) is 2.83. The maximum atomic E-state index is 12.5. The van der Waals surface area contributed by atoms with E-state index in [2.05, 4.69) is 0 Å². The summed E-state index contributed by atoms with van der Waals surface area (Å²) in [5, 5.41) is 9.59. The molecule has 0 spiro atoms. The molecule has 35 heavy (non-hydrogen) atoms. The van der Waals surface area contributed by atoms with Gasteiger partial charge in [0.2, 0.25) is 0 Å². The van der Waals surface area contributed by atoms with Crippen molar-refractivity contribution < 1.29 is 43.2 Å². The van der Waals surface area contributed by atoms with Gasteiger partial charge in [0, 0.05) is 5.92 Å². The molecule has 0 aliphatic carbocycles. The second kappa shape index (κ2) is 14.3. The number of rotatable bonds is 13. The fourth-order valence-electron chi connectivity index (χ4n) is 3.15. The Morgan fingerprint density at radius 2 is 1.43 bits per heavy atom. The van der Waals surface area contributed by atoms with Crippen LogP contribution in [0.1, 0.15) is 65.9 Å². The van der Waals surface area contributed by atoms with Crippen molar-refractivity contribution in [1.82, 2.24) is 0 Å². The van der Waals surface area contributed by atoms with Gasteiger partial charge in [0.15, 0.2) is 11.5 Å². The summed E-state index contributed by atoms with van der Waals surface area (Å²) in [6.45, 7) is 10.4. The lowest BCUT2D eigenvalue weighted by Gasteiger charge is -2.28. The summed E-state index contributed by atoms with van der Waals surface area (Å²) in [5.41, 5.74) is 6.40. The van der Waals surface area contributed by atoms with E-state index in [-0.39, 0.29) is 30.6 Å². The van der Waals surface area contributed by atoms with Gasteiger partial charge in [-0.2, -0.15) is 0 Å². The first-order valence-electron chi connectivity index (χ1n) is 11.8. The molecule has 0 saturated heterocycles. The molecule has 196 valence electrons. The van der Waals surface area contributed by atoms with Gasteiger partial charge >= 0.3 is 24.1 Å². The molecular weight excluding hydrogens is 458 g/mol. The summed E-state index contributed by atoms with van der Waals surface area (Å²) < 4.78 is 20.8. The van der Waals surface area contributed by atoms with Crippen LogP contribution >= 0.6 is 0 Å². The zero-order chi connectivity index (χ0) is 26.7. The predicted molar refractivity (Wildman–Crippen MR) is 127 cm³/mol. The molecular formula is C25H37NO9. The number of carboxylic acids is 1. The van der Waals surface area contributed by atoms with E-state index in [4.69, 9.17) is 24.7 Å². The lowest BCUT2D eigenvalue weighted by molar-refractivity contribution is -0.141. The fraction of sp³-hybridized carbons (Fsp3) is 0.600. The zero-order valence-corrected chi connectivity index (χ0v) is 21.2. The van der Waals surface area contributed by atoms with E-state index in [0.29, 0.717) is 18.4 Å². The molecule has 0 saturated carbocycles. The Morgan fingerprint density at radius 3 is 1.91 bits per heavy atom. The van der Waals surface area contributed by atoms with Crippen molar-refractivity contribution in [3.05, 3.63) is 23.8 Å². The third-order valence-corrected chi connectivity index (χ3v) is 5.81. The monoisotopic (exact) mass is 495 g/mol. The highest BCUT2D eigenvalue weighted by Gasteiger charge is 2.33. The minimum Gasteiger partial charge on any atom is -0.480 e. The molecule has 1 aromatic rings. The number of nitrogens with two attached hydrogens (primary N) is 1. The van der Waals surface area contributed by atoms with Crippen molar-refractivity contribution in [1.29, 1.82) is 0 Å². The van der Waals surface area contributed by atoms with E-state index >= 15 is 0 Å². The molecule has 5 atom stereocenters. The number of hydrogen-bond acceptors (Lipinski definition) is 9. The van der Waals surface area contributed by atoms with Crippen LogP contribution in [0.3, 0.4) is 0 Å². The Balaban J connectivity index is 3.41. The number of aliphatic carboxylic acids is 1. The molecule has 4 unspecified atom stereocenters. The minimum atomic E-state index is -1.36. The molecule has 0 heterocycles. The van der Waals surface area contributed by atoms with Gasteiger partial charge in [-0.05, 0) is 43.4 Å². The molecule has 10 heteroatoms. The summed E-state index contributed by atoms with van der Waals surface area (Å²) in [7, 11) is 0. The number of carbonyl (C=O) groups excluding carboxylic acids is 3. The van der Waals surface area contributed by atoms with Crippen molar-refractivity contribution in [2.75, 3.05) is 13.2 Å². The standard InChI is InChI=1S/C25H37NO9/c1-7-14(4)23(29)34-18-11-10-17(12-19(18)35-24(30)15(5)8-2)20(21(26)22(27)28)16(6)13-33-25(31)32-9-3/h10-12,14-16,20-21H,7-9,13,26H2,1-6H3,(H,27,28)/t14?,15?,16?,20?,21-/m0/s1. The second-order valence-electron chi connectivity index (χ2n) is 8.53. The molecule has 0 aromatic heterocycles. The lowest BCUT2D eigenvalue weighted by Crippen LogP contribution is -2.40. The molecule has 0 radical (unpaired) electrons. The lowest BCUT2D eigenvalue weighted by atomic mass is 9.82. The van der Waals surface area contributed by atoms with E-state index in [1.165, 1.54) is 12.1 Å². The summed E-state index contributed by atoms with van der Waals surface area (Å²) >= 11 is 0. The van der Waals surface area contributed by atoms with Crippen molar-refractivity contribution in [2.45, 2.75) is 66.3 Å². The van der Waals surface area contributed by atoms with Crippen molar-refractivity contribution in [3.8, 4) is 11.5 Å². The number of ether oxygens (including phenoxy) is 4. The molecule has 10 nitrogen and oxygen atoms in total. The molecule has 0 bridgehead atoms. The van der Waals surface area contributed by atoms with Crippen LogP contribution in [0.2, 0.25) is 0 Å². The number of esters is 2. The van der Waals surface area contributed by atoms with E-state index in [1.54, 1.807) is 33.8 Å². The number of carboxylic acid groups (broad SMARTS) is 1. The van der Waals surface area contributed by atoms with Gasteiger partial charge in [-0.25, -0.2) is 4.79 Å². The van der Waals surface area contributed by atoms with Gasteiger partial charge in [0.25, 0.3) is 0 Å². The Kier molecular flexibility index (Phi) is 12.2. The van der Waals surface area contributed by atoms with Crippen LogP contribution in [-0.2, 0) is 23.9 Å². The first kappa shape index (κ1) is 29.9. The average molecular weight is 496 g/mol. The maximum Gasteiger partial charge on any atom is 0.508 e. The first-order valence-corrected chi connectivity index (χ1v) is 11.8. The molecule has 0 aliphatic rings. The molecule has 0 amide bonds. The van der Waals surface area contributed by atoms with Gasteiger partial charge in [0.05, 0.1) is 25.0 Å². The number of hydrogen-bond donors (Lipinski definition) is 2. The van der Waals surface area contributed by atoms with Crippen molar-refractivity contribution >= 4 is 24.1 Å². The summed E-state index contributed by atoms with van der Waals surface area (Å²) in [5.74, 6) is -4.42. The Hall–Kier alpha value is -3.14. The predicted octanol–water partition coefficient (Wildman–Crippen LogP) is 3.89. The third kappa shape index (κ3) is 8.86. The first-order chi connectivity index (χ1) is 16.5. The van der Waals surface area contributed by atoms with Crippen LogP contribution in [0.15, 0.2) is 18.2 Å². The normalized spacial score (nSPS) is 15.2. The molecule has 3 N–H and O–H groups in total. The summed E-state index contributed by atoms with van der Waals surface area (Å²) in [6, 6.07) is 3.07. The topological polar surface area (TPSA) is 151 Å². The molecule has 1 rings (SSSR count). The summed E-state index contributed by atoms with van der Waals surface area (Å²) in [4.78, 5) is 48.3. The second-order valence-corrected chi connectivity index (χ2v) is 8.53. The van der Waals surface area contributed by atoms with Gasteiger partial charge < -0.3 is 29.8 Å². The quantitative estimate of drug-likeness (QED) is 0.304. The molecule has 0 fully saturated rings. The Bertz CT molecular complexity index is 886. The SMILES string of the molecule is CCOC(=O)OCC(C)C(c1ccc(OC(=O)C(C)CC)c(OC(=O)C(C)CC)c1)[C@H](N)C(=O)O. The highest BCUT2D eigenvalue weighted by molar-refractivity contribution is 5.79. The van der Waals surface area contributed by atoms with Gasteiger partial charge in [-0.3, -0.25) is 14.4 Å². The van der Waals surface area contributed by atoms with Gasteiger partial charge in [-0.15, -0.1) is 0 Å². The largest absolute Gasteiger partial charge is 0.508 e. The van der Waals surface area contributed by atoms with Crippen molar-refractivity contribution in [3.63, 3.8) is 0 Å². The van der Waals surface area contributed by atoms with Crippen LogP contribution in [0.25, 0.3) is 0 Å². The summed E-state index contributed by atoms with van der Waals surface area (Å²) in [6.07, 6.45) is 0.222. The highest BCUT2D eigenvalue weighted by Crippen LogP contribution is 2.36. The van der Waals surface area contributed by atoms with E-state index < -0.39 is 47.9 Å². The molecule has 0 aliphatic heterocycles. The van der Waals surface area contributed by atoms with Crippen LogP contribution < -0.4 is 15.2 Å². The van der Waals surface area contributed by atoms with Gasteiger partial charge in [0.1, 0.15) is 6.04 Å². The van der Waals surface area contributed by atoms with Crippen LogP contribution in [0.4, 0.5) is 4.79 Å². The van der Waals surface area contributed by atoms with Crippen LogP contribution in [0, 0.1) is 17.8 Å². The molecule has 1 aromatic carbocycles. The van der Waals surface area contributed by atoms with E-state index in [9.17, 15) is 24.3 Å². The number of carbonyl (C=O) groups is 4. The highest BCUT2D eigenvalue weighted by atomic mass is 16.7. The van der Waals surface area contributed by atoms with E-state index in [0.717, 1.165) is 0 Å². The third-order valence-electron chi connectivity index (χ3n) is 5.81. The Labute approximate surface area is 206 Å². The smallest absolute Gasteiger partial charge is 0.480 e. The van der Waals surface area contributed by atoms with E-state index in [1.807, 2.05) is 13.8 Å².